The van der Waals surface area contributed by atoms with Crippen LogP contribution in [0.2, 0.25) is 0 Å². The predicted octanol–water partition coefficient (Wildman–Crippen LogP) is 4.60. The van der Waals surface area contributed by atoms with Gasteiger partial charge >= 0.3 is 0 Å². The molecule has 0 aromatic heterocycles. The number of hydrogen-bond donors (Lipinski definition) is 0. The molecule has 0 saturated carbocycles. The van der Waals surface area contributed by atoms with Gasteiger partial charge in [0.05, 0.1) is 0 Å². The third-order valence-corrected chi connectivity index (χ3v) is 6.14. The molecule has 0 N–H and O–H groups in total. The Morgan fingerprint density at radius 2 is 1.75 bits per heavy atom. The highest BCUT2D eigenvalue weighted by Crippen LogP contribution is 2.30. The van der Waals surface area contributed by atoms with Crippen LogP contribution in [0.5, 0.6) is 0 Å². The molecule has 156 valence electrons. The highest BCUT2D eigenvalue weighted by molar-refractivity contribution is 5.49. The minimum Gasteiger partial charge on any atom is -0.369 e. The van der Waals surface area contributed by atoms with Gasteiger partial charge in [-0.25, -0.2) is 8.78 Å². The summed E-state index contributed by atoms with van der Waals surface area (Å²) in [4.78, 5) is 7.29. The van der Waals surface area contributed by atoms with Crippen LogP contribution in [-0.2, 0) is 5.92 Å². The van der Waals surface area contributed by atoms with E-state index in [-0.39, 0.29) is 5.56 Å². The SMILES string of the molecule is C=C(C)CN1CCC(CCN2CCN(c3cccc(C(C)(F)F)c3)CC2)CC1. The molecule has 5 heteroatoms. The number of piperazine rings is 1. The zero-order valence-corrected chi connectivity index (χ0v) is 17.5. The first-order valence-electron chi connectivity index (χ1n) is 10.6. The summed E-state index contributed by atoms with van der Waals surface area (Å²) in [6.45, 7) is 15.5. The molecule has 1 aromatic carbocycles. The van der Waals surface area contributed by atoms with Crippen molar-refractivity contribution in [3.63, 3.8) is 0 Å². The summed E-state index contributed by atoms with van der Waals surface area (Å²) in [5, 5.41) is 0. The molecule has 3 nitrogen and oxygen atoms in total. The average molecular weight is 392 g/mol. The molecule has 28 heavy (non-hydrogen) atoms. The molecule has 2 fully saturated rings. The molecule has 2 heterocycles. The number of alkyl halides is 2. The number of likely N-dealkylation sites (tertiary alicyclic amines) is 1. The summed E-state index contributed by atoms with van der Waals surface area (Å²) in [6, 6.07) is 6.86. The van der Waals surface area contributed by atoms with Gasteiger partial charge in [-0.2, -0.15) is 0 Å². The zero-order chi connectivity index (χ0) is 20.1. The van der Waals surface area contributed by atoms with E-state index in [0.29, 0.717) is 0 Å². The smallest absolute Gasteiger partial charge is 0.270 e. The Kier molecular flexibility index (Phi) is 7.10. The first kappa shape index (κ1) is 21.3. The van der Waals surface area contributed by atoms with Crippen LogP contribution >= 0.6 is 0 Å². The lowest BCUT2D eigenvalue weighted by Crippen LogP contribution is -2.47. The Morgan fingerprint density at radius 3 is 2.36 bits per heavy atom. The molecule has 2 aliphatic rings. The largest absolute Gasteiger partial charge is 0.369 e. The van der Waals surface area contributed by atoms with E-state index >= 15 is 0 Å². The maximum atomic E-state index is 13.6. The minimum absolute atomic E-state index is 0.102. The Balaban J connectivity index is 1.40. The quantitative estimate of drug-likeness (QED) is 0.629. The summed E-state index contributed by atoms with van der Waals surface area (Å²) in [5.41, 5.74) is 2.28. The molecular weight excluding hydrogens is 356 g/mol. The Labute approximate surface area is 169 Å². The second-order valence-electron chi connectivity index (χ2n) is 8.73. The van der Waals surface area contributed by atoms with Gasteiger partial charge in [-0.3, -0.25) is 9.80 Å². The predicted molar refractivity (Wildman–Crippen MR) is 113 cm³/mol. The molecule has 1 aromatic rings. The van der Waals surface area contributed by atoms with Crippen molar-refractivity contribution in [3.05, 3.63) is 42.0 Å². The van der Waals surface area contributed by atoms with Crippen LogP contribution in [0.4, 0.5) is 14.5 Å². The van der Waals surface area contributed by atoms with Crippen molar-refractivity contribution >= 4 is 5.69 Å². The molecule has 0 aliphatic carbocycles. The van der Waals surface area contributed by atoms with E-state index in [9.17, 15) is 8.78 Å². The summed E-state index contributed by atoms with van der Waals surface area (Å²) in [6.07, 6.45) is 3.87. The van der Waals surface area contributed by atoms with E-state index < -0.39 is 5.92 Å². The molecular formula is C23H35F2N3. The fourth-order valence-corrected chi connectivity index (χ4v) is 4.39. The van der Waals surface area contributed by atoms with E-state index in [2.05, 4.69) is 28.2 Å². The van der Waals surface area contributed by atoms with Gasteiger partial charge in [-0.15, -0.1) is 0 Å². The van der Waals surface area contributed by atoms with Gasteiger partial charge in [0.1, 0.15) is 0 Å². The first-order chi connectivity index (χ1) is 13.3. The van der Waals surface area contributed by atoms with Crippen LogP contribution in [0.1, 0.15) is 38.7 Å². The maximum absolute atomic E-state index is 13.6. The molecule has 0 spiro atoms. The van der Waals surface area contributed by atoms with Crippen LogP contribution in [0.3, 0.4) is 0 Å². The van der Waals surface area contributed by atoms with E-state index in [1.165, 1.54) is 44.0 Å². The van der Waals surface area contributed by atoms with Crippen molar-refractivity contribution in [3.8, 4) is 0 Å². The summed E-state index contributed by atoms with van der Waals surface area (Å²) < 4.78 is 27.2. The summed E-state index contributed by atoms with van der Waals surface area (Å²) in [7, 11) is 0. The summed E-state index contributed by atoms with van der Waals surface area (Å²) in [5.74, 6) is -1.94. The van der Waals surface area contributed by atoms with Crippen molar-refractivity contribution in [2.24, 2.45) is 5.92 Å². The van der Waals surface area contributed by atoms with Crippen LogP contribution in [-0.4, -0.2) is 62.2 Å². The standard InChI is InChI=1S/C23H35F2N3/c1-19(2)18-27-11-8-20(9-12-27)7-10-26-13-15-28(16-14-26)22-6-4-5-21(17-22)23(3,24)25/h4-6,17,20H,1,7-16,18H2,2-3H3. The topological polar surface area (TPSA) is 9.72 Å². The fraction of sp³-hybridized carbons (Fsp3) is 0.652. The molecule has 0 unspecified atom stereocenters. The molecule has 0 bridgehead atoms. The average Bonchev–Trinajstić information content (AvgIpc) is 2.67. The van der Waals surface area contributed by atoms with Crippen LogP contribution in [0.15, 0.2) is 36.4 Å². The first-order valence-corrected chi connectivity index (χ1v) is 10.6. The second kappa shape index (κ2) is 9.36. The number of piperidine rings is 1. The lowest BCUT2D eigenvalue weighted by molar-refractivity contribution is 0.0175. The van der Waals surface area contributed by atoms with Gasteiger partial charge < -0.3 is 4.90 Å². The molecule has 2 saturated heterocycles. The maximum Gasteiger partial charge on any atom is 0.270 e. The van der Waals surface area contributed by atoms with E-state index in [1.54, 1.807) is 12.1 Å². The van der Waals surface area contributed by atoms with Gasteiger partial charge in [0.15, 0.2) is 0 Å². The third-order valence-electron chi connectivity index (χ3n) is 6.14. The van der Waals surface area contributed by atoms with Gasteiger partial charge in [-0.1, -0.05) is 24.3 Å². The summed E-state index contributed by atoms with van der Waals surface area (Å²) >= 11 is 0. The monoisotopic (exact) mass is 391 g/mol. The zero-order valence-electron chi connectivity index (χ0n) is 17.5. The third kappa shape index (κ3) is 6.02. The highest BCUT2D eigenvalue weighted by atomic mass is 19.3. The number of anilines is 1. The van der Waals surface area contributed by atoms with Crippen molar-refractivity contribution in [2.75, 3.05) is 57.3 Å². The van der Waals surface area contributed by atoms with Crippen LogP contribution in [0, 0.1) is 5.92 Å². The number of benzene rings is 1. The van der Waals surface area contributed by atoms with Gasteiger partial charge in [0.25, 0.3) is 5.92 Å². The van der Waals surface area contributed by atoms with Crippen LogP contribution < -0.4 is 4.90 Å². The van der Waals surface area contributed by atoms with E-state index in [0.717, 1.165) is 57.8 Å². The number of hydrogen-bond acceptors (Lipinski definition) is 3. The number of halogens is 2. The Morgan fingerprint density at radius 1 is 1.07 bits per heavy atom. The Bertz CT molecular complexity index is 639. The minimum atomic E-state index is -2.78. The number of nitrogens with zero attached hydrogens (tertiary/aromatic N) is 3. The second-order valence-corrected chi connectivity index (χ2v) is 8.73. The lowest BCUT2D eigenvalue weighted by Gasteiger charge is -2.38. The molecule has 0 atom stereocenters. The molecule has 0 amide bonds. The highest BCUT2D eigenvalue weighted by Gasteiger charge is 2.26. The molecule has 0 radical (unpaired) electrons. The van der Waals surface area contributed by atoms with Crippen LogP contribution in [0.25, 0.3) is 0 Å². The van der Waals surface area contributed by atoms with E-state index in [1.807, 2.05) is 6.07 Å². The van der Waals surface area contributed by atoms with Crippen molar-refractivity contribution in [1.82, 2.24) is 9.80 Å². The van der Waals surface area contributed by atoms with Crippen molar-refractivity contribution in [2.45, 2.75) is 39.0 Å². The van der Waals surface area contributed by atoms with Gasteiger partial charge in [0.2, 0.25) is 0 Å². The van der Waals surface area contributed by atoms with Gasteiger partial charge in [0, 0.05) is 50.9 Å². The van der Waals surface area contributed by atoms with Crippen molar-refractivity contribution in [1.29, 1.82) is 0 Å². The lowest BCUT2D eigenvalue weighted by atomic mass is 9.93. The molecule has 2 aliphatic heterocycles. The molecule has 3 rings (SSSR count). The normalized spacial score (nSPS) is 20.5. The number of rotatable bonds is 7. The fourth-order valence-electron chi connectivity index (χ4n) is 4.39. The van der Waals surface area contributed by atoms with E-state index in [4.69, 9.17) is 0 Å². The Hall–Kier alpha value is -1.46. The van der Waals surface area contributed by atoms with Crippen molar-refractivity contribution < 1.29 is 8.78 Å². The van der Waals surface area contributed by atoms with Gasteiger partial charge in [-0.05, 0) is 63.9 Å².